The normalized spacial score (nSPS) is 27.2. The molecule has 1 atom stereocenters. The molecule has 2 fully saturated rings. The molecule has 1 aromatic carbocycles. The zero-order valence-electron chi connectivity index (χ0n) is 20.3. The molecule has 1 aliphatic carbocycles. The molecule has 9 heteroatoms. The summed E-state index contributed by atoms with van der Waals surface area (Å²) in [7, 11) is 0. The van der Waals surface area contributed by atoms with E-state index in [1.807, 2.05) is 39.8 Å². The Morgan fingerprint density at radius 2 is 1.85 bits per heavy atom. The Labute approximate surface area is 200 Å². The first-order valence-electron chi connectivity index (χ1n) is 12.0. The van der Waals surface area contributed by atoms with Crippen molar-refractivity contribution in [1.82, 2.24) is 15.5 Å². The number of fused-ring (bicyclic) bond motifs is 1. The van der Waals surface area contributed by atoms with Gasteiger partial charge in [-0.2, -0.15) is 0 Å². The van der Waals surface area contributed by atoms with Crippen LogP contribution in [0.4, 0.5) is 10.5 Å². The molecule has 3 aliphatic rings. The van der Waals surface area contributed by atoms with Crippen molar-refractivity contribution in [3.8, 4) is 0 Å². The van der Waals surface area contributed by atoms with E-state index in [-0.39, 0.29) is 29.8 Å². The van der Waals surface area contributed by atoms with E-state index in [1.54, 1.807) is 11.0 Å². The highest BCUT2D eigenvalue weighted by Gasteiger charge is 2.40. The number of carbonyl (C=O) groups excluding carboxylic acids is 4. The minimum absolute atomic E-state index is 0.175. The van der Waals surface area contributed by atoms with E-state index in [2.05, 4.69) is 16.0 Å². The van der Waals surface area contributed by atoms with Gasteiger partial charge in [0.1, 0.15) is 11.6 Å². The van der Waals surface area contributed by atoms with Gasteiger partial charge in [-0.05, 0) is 71.9 Å². The highest BCUT2D eigenvalue weighted by atomic mass is 16.6. The van der Waals surface area contributed by atoms with Crippen LogP contribution >= 0.6 is 0 Å². The highest BCUT2D eigenvalue weighted by molar-refractivity contribution is 6.06. The second kappa shape index (κ2) is 8.92. The largest absolute Gasteiger partial charge is 0.444 e. The highest BCUT2D eigenvalue weighted by Crippen LogP contribution is 2.35. The summed E-state index contributed by atoms with van der Waals surface area (Å²) in [5.41, 5.74) is 1.53. The van der Waals surface area contributed by atoms with Gasteiger partial charge in [0.15, 0.2) is 0 Å². The minimum Gasteiger partial charge on any atom is -0.444 e. The topological polar surface area (TPSA) is 117 Å². The summed E-state index contributed by atoms with van der Waals surface area (Å²) in [4.78, 5) is 50.7. The molecule has 0 bridgehead atoms. The van der Waals surface area contributed by atoms with Crippen molar-refractivity contribution >= 4 is 29.5 Å². The number of hydrogen-bond donors (Lipinski definition) is 3. The third kappa shape index (κ3) is 5.18. The standard InChI is InChI=1S/C25H34N4O5/c1-24(2,3)34-23(33)28-25(4)12-10-15(11-13-25)26-18-7-5-6-16-17(18)14-29(22(16)32)19-8-9-20(30)27-21(19)31/h5-7,15,19,26H,8-14H2,1-4H3,(H,28,33)(H,27,30,31). The van der Waals surface area contributed by atoms with E-state index < -0.39 is 23.6 Å². The Kier molecular flexibility index (Phi) is 6.31. The van der Waals surface area contributed by atoms with E-state index in [9.17, 15) is 19.2 Å². The third-order valence-electron chi connectivity index (χ3n) is 6.83. The molecule has 184 valence electrons. The van der Waals surface area contributed by atoms with Crippen LogP contribution in [0.1, 0.15) is 82.1 Å². The van der Waals surface area contributed by atoms with Crippen molar-refractivity contribution in [2.45, 2.75) is 96.0 Å². The van der Waals surface area contributed by atoms with Gasteiger partial charge < -0.3 is 20.3 Å². The second-order valence-electron chi connectivity index (χ2n) is 10.8. The molecule has 0 radical (unpaired) electrons. The molecule has 1 aromatic rings. The summed E-state index contributed by atoms with van der Waals surface area (Å²) in [6.07, 6.45) is 3.52. The van der Waals surface area contributed by atoms with Crippen LogP contribution in [0.2, 0.25) is 0 Å². The van der Waals surface area contributed by atoms with E-state index in [0.29, 0.717) is 18.5 Å². The van der Waals surface area contributed by atoms with Gasteiger partial charge in [0.05, 0.1) is 0 Å². The molecule has 4 amide bonds. The fourth-order valence-electron chi connectivity index (χ4n) is 5.02. The Morgan fingerprint density at radius 3 is 2.50 bits per heavy atom. The minimum atomic E-state index is -0.625. The monoisotopic (exact) mass is 470 g/mol. The van der Waals surface area contributed by atoms with Gasteiger partial charge >= 0.3 is 6.09 Å². The van der Waals surface area contributed by atoms with Gasteiger partial charge in [-0.25, -0.2) is 4.79 Å². The van der Waals surface area contributed by atoms with Crippen LogP contribution in [0, 0.1) is 0 Å². The first kappa shape index (κ1) is 24.0. The van der Waals surface area contributed by atoms with Gasteiger partial charge in [0.25, 0.3) is 5.91 Å². The smallest absolute Gasteiger partial charge is 0.408 e. The fraction of sp³-hybridized carbons (Fsp3) is 0.600. The number of rotatable bonds is 4. The molecule has 1 saturated heterocycles. The lowest BCUT2D eigenvalue weighted by Gasteiger charge is -2.39. The fourth-order valence-corrected chi connectivity index (χ4v) is 5.02. The van der Waals surface area contributed by atoms with Crippen LogP contribution in [-0.2, 0) is 20.9 Å². The second-order valence-corrected chi connectivity index (χ2v) is 10.8. The number of anilines is 1. The van der Waals surface area contributed by atoms with E-state index in [1.165, 1.54) is 0 Å². The maximum Gasteiger partial charge on any atom is 0.408 e. The van der Waals surface area contributed by atoms with E-state index in [4.69, 9.17) is 4.74 Å². The number of hydrogen-bond acceptors (Lipinski definition) is 6. The van der Waals surface area contributed by atoms with Gasteiger partial charge in [-0.1, -0.05) is 6.07 Å². The molecule has 1 saturated carbocycles. The number of alkyl carbamates (subject to hydrolysis) is 1. The van der Waals surface area contributed by atoms with Crippen LogP contribution in [0.3, 0.4) is 0 Å². The van der Waals surface area contributed by atoms with Gasteiger partial charge in [-0.15, -0.1) is 0 Å². The summed E-state index contributed by atoms with van der Waals surface area (Å²) in [6.45, 7) is 7.93. The van der Waals surface area contributed by atoms with Crippen molar-refractivity contribution in [1.29, 1.82) is 0 Å². The van der Waals surface area contributed by atoms with Gasteiger partial charge in [0.2, 0.25) is 11.8 Å². The molecule has 4 rings (SSSR count). The maximum absolute atomic E-state index is 13.0. The summed E-state index contributed by atoms with van der Waals surface area (Å²) >= 11 is 0. The van der Waals surface area contributed by atoms with E-state index in [0.717, 1.165) is 36.9 Å². The van der Waals surface area contributed by atoms with Crippen molar-refractivity contribution in [3.63, 3.8) is 0 Å². The molecule has 34 heavy (non-hydrogen) atoms. The van der Waals surface area contributed by atoms with Crippen LogP contribution < -0.4 is 16.0 Å². The van der Waals surface area contributed by atoms with Crippen molar-refractivity contribution < 1.29 is 23.9 Å². The molecule has 2 heterocycles. The summed E-state index contributed by atoms with van der Waals surface area (Å²) in [5, 5.41) is 8.97. The Balaban J connectivity index is 1.38. The number of amides is 4. The maximum atomic E-state index is 13.0. The van der Waals surface area contributed by atoms with Crippen LogP contribution in [-0.4, -0.2) is 51.9 Å². The first-order chi connectivity index (χ1) is 15.9. The summed E-state index contributed by atoms with van der Waals surface area (Å²) in [6, 6.07) is 5.19. The Morgan fingerprint density at radius 1 is 1.15 bits per heavy atom. The predicted octanol–water partition coefficient (Wildman–Crippen LogP) is 3.09. The molecule has 0 spiro atoms. The number of benzene rings is 1. The zero-order valence-corrected chi connectivity index (χ0v) is 20.3. The van der Waals surface area contributed by atoms with Crippen molar-refractivity contribution in [2.24, 2.45) is 0 Å². The van der Waals surface area contributed by atoms with Gasteiger partial charge in [-0.3, -0.25) is 19.7 Å². The van der Waals surface area contributed by atoms with Crippen LogP contribution in [0.15, 0.2) is 18.2 Å². The SMILES string of the molecule is CC1(NC(=O)OC(C)(C)C)CCC(Nc2cccc3c2CN(C2CCC(=O)NC2=O)C3=O)CC1. The number of nitrogens with zero attached hydrogens (tertiary/aromatic N) is 1. The molecule has 0 aromatic heterocycles. The number of piperidine rings is 1. The zero-order chi connectivity index (χ0) is 24.7. The summed E-state index contributed by atoms with van der Waals surface area (Å²) in [5.74, 6) is -0.875. The van der Waals surface area contributed by atoms with Crippen LogP contribution in [0.25, 0.3) is 0 Å². The van der Waals surface area contributed by atoms with Crippen molar-refractivity contribution in [3.05, 3.63) is 29.3 Å². The molecule has 2 aliphatic heterocycles. The molecular formula is C25H34N4O5. The number of imide groups is 1. The Bertz CT molecular complexity index is 1010. The number of nitrogens with one attached hydrogen (secondary N) is 3. The van der Waals surface area contributed by atoms with Crippen LogP contribution in [0.5, 0.6) is 0 Å². The van der Waals surface area contributed by atoms with Crippen molar-refractivity contribution in [2.75, 3.05) is 5.32 Å². The molecular weight excluding hydrogens is 436 g/mol. The molecule has 3 N–H and O–H groups in total. The third-order valence-corrected chi connectivity index (χ3v) is 6.83. The number of carbonyl (C=O) groups is 4. The van der Waals surface area contributed by atoms with Gasteiger partial charge in [0, 0.05) is 41.4 Å². The molecule has 1 unspecified atom stereocenters. The lowest BCUT2D eigenvalue weighted by Crippen LogP contribution is -2.52. The predicted molar refractivity (Wildman–Crippen MR) is 126 cm³/mol. The first-order valence-corrected chi connectivity index (χ1v) is 12.0. The van der Waals surface area contributed by atoms with E-state index >= 15 is 0 Å². The lowest BCUT2D eigenvalue weighted by atomic mass is 9.80. The lowest BCUT2D eigenvalue weighted by molar-refractivity contribution is -0.136. The molecule has 9 nitrogen and oxygen atoms in total. The average Bonchev–Trinajstić information content (AvgIpc) is 3.06. The average molecular weight is 471 g/mol. The number of ether oxygens (including phenoxy) is 1. The Hall–Kier alpha value is -3.10. The quantitative estimate of drug-likeness (QED) is 0.582. The summed E-state index contributed by atoms with van der Waals surface area (Å²) < 4.78 is 5.41.